The third kappa shape index (κ3) is 2.22. The van der Waals surface area contributed by atoms with Crippen molar-refractivity contribution in [2.45, 2.75) is 4.83 Å². The Morgan fingerprint density at radius 1 is 1.58 bits per heavy atom. The molecule has 0 unspecified atom stereocenters. The zero-order valence-corrected chi connectivity index (χ0v) is 8.41. The molecule has 0 amide bonds. The van der Waals surface area contributed by atoms with Gasteiger partial charge in [0.2, 0.25) is 0 Å². The SMILES string of the molecule is COc1cccc([C@H](Br)CO)c1. The Kier molecular flexibility index (Phi) is 3.56. The van der Waals surface area contributed by atoms with Gasteiger partial charge >= 0.3 is 0 Å². The van der Waals surface area contributed by atoms with Crippen LogP contribution < -0.4 is 4.74 Å². The van der Waals surface area contributed by atoms with Crippen molar-refractivity contribution in [3.8, 4) is 5.75 Å². The molecule has 1 aromatic rings. The molecular formula is C9H11BrO2. The molecule has 0 aliphatic carbocycles. The molecule has 1 atom stereocenters. The summed E-state index contributed by atoms with van der Waals surface area (Å²) < 4.78 is 5.05. The van der Waals surface area contributed by atoms with Crippen molar-refractivity contribution in [1.82, 2.24) is 0 Å². The zero-order valence-electron chi connectivity index (χ0n) is 6.83. The van der Waals surface area contributed by atoms with Crippen molar-refractivity contribution < 1.29 is 9.84 Å². The van der Waals surface area contributed by atoms with E-state index in [4.69, 9.17) is 9.84 Å². The molecule has 12 heavy (non-hydrogen) atoms. The van der Waals surface area contributed by atoms with Gasteiger partial charge in [-0.3, -0.25) is 0 Å². The average molecular weight is 231 g/mol. The van der Waals surface area contributed by atoms with Crippen molar-refractivity contribution >= 4 is 15.9 Å². The number of benzene rings is 1. The first-order valence-corrected chi connectivity index (χ1v) is 4.58. The number of ether oxygens (including phenoxy) is 1. The van der Waals surface area contributed by atoms with Crippen LogP contribution in [0.5, 0.6) is 5.75 Å². The molecule has 0 heterocycles. The van der Waals surface area contributed by atoms with E-state index in [1.165, 1.54) is 0 Å². The molecule has 0 aromatic heterocycles. The molecule has 1 rings (SSSR count). The maximum Gasteiger partial charge on any atom is 0.119 e. The van der Waals surface area contributed by atoms with Gasteiger partial charge in [-0.15, -0.1) is 0 Å². The number of aliphatic hydroxyl groups excluding tert-OH is 1. The van der Waals surface area contributed by atoms with Crippen molar-refractivity contribution in [1.29, 1.82) is 0 Å². The van der Waals surface area contributed by atoms with Crippen molar-refractivity contribution in [2.24, 2.45) is 0 Å². The van der Waals surface area contributed by atoms with Crippen molar-refractivity contribution in [2.75, 3.05) is 13.7 Å². The van der Waals surface area contributed by atoms with Crippen LogP contribution in [0.2, 0.25) is 0 Å². The number of hydrogen-bond acceptors (Lipinski definition) is 2. The fraction of sp³-hybridized carbons (Fsp3) is 0.333. The molecule has 0 radical (unpaired) electrons. The Hall–Kier alpha value is -0.540. The molecule has 2 nitrogen and oxygen atoms in total. The Bertz CT molecular complexity index is 250. The summed E-state index contributed by atoms with van der Waals surface area (Å²) in [5.41, 5.74) is 1.02. The van der Waals surface area contributed by atoms with Crippen LogP contribution in [-0.4, -0.2) is 18.8 Å². The molecular weight excluding hydrogens is 220 g/mol. The molecule has 1 N–H and O–H groups in total. The number of alkyl halides is 1. The summed E-state index contributed by atoms with van der Waals surface area (Å²) in [5, 5.41) is 8.86. The Morgan fingerprint density at radius 3 is 2.92 bits per heavy atom. The molecule has 0 saturated carbocycles. The van der Waals surface area contributed by atoms with Crippen molar-refractivity contribution in [3.63, 3.8) is 0 Å². The molecule has 1 aromatic carbocycles. The maximum atomic E-state index is 8.86. The Balaban J connectivity index is 2.86. The summed E-state index contributed by atoms with van der Waals surface area (Å²) in [7, 11) is 1.63. The first-order chi connectivity index (χ1) is 5.77. The van der Waals surface area contributed by atoms with E-state index in [1.54, 1.807) is 7.11 Å². The van der Waals surface area contributed by atoms with Gasteiger partial charge in [0, 0.05) is 0 Å². The predicted molar refractivity (Wildman–Crippen MR) is 51.7 cm³/mol. The molecule has 0 aliphatic heterocycles. The van der Waals surface area contributed by atoms with Gasteiger partial charge in [-0.1, -0.05) is 28.1 Å². The van der Waals surface area contributed by atoms with Crippen LogP contribution in [0.1, 0.15) is 10.4 Å². The fourth-order valence-electron chi connectivity index (χ4n) is 0.942. The van der Waals surface area contributed by atoms with Gasteiger partial charge in [0.25, 0.3) is 0 Å². The fourth-order valence-corrected chi connectivity index (χ4v) is 1.23. The van der Waals surface area contributed by atoms with Crippen molar-refractivity contribution in [3.05, 3.63) is 29.8 Å². The quantitative estimate of drug-likeness (QED) is 0.807. The first-order valence-electron chi connectivity index (χ1n) is 3.67. The van der Waals surface area contributed by atoms with Crippen LogP contribution in [0.4, 0.5) is 0 Å². The molecule has 0 aliphatic rings. The molecule has 3 heteroatoms. The summed E-state index contributed by atoms with van der Waals surface area (Å²) >= 11 is 3.34. The van der Waals surface area contributed by atoms with E-state index in [-0.39, 0.29) is 11.4 Å². The summed E-state index contributed by atoms with van der Waals surface area (Å²) in [6, 6.07) is 7.62. The second-order valence-electron chi connectivity index (χ2n) is 2.43. The zero-order chi connectivity index (χ0) is 8.97. The average Bonchev–Trinajstić information content (AvgIpc) is 2.17. The molecule has 0 saturated heterocycles. The smallest absolute Gasteiger partial charge is 0.119 e. The van der Waals surface area contributed by atoms with Crippen LogP contribution in [0, 0.1) is 0 Å². The van der Waals surface area contributed by atoms with Gasteiger partial charge in [-0.25, -0.2) is 0 Å². The van der Waals surface area contributed by atoms with Crippen LogP contribution in [-0.2, 0) is 0 Å². The summed E-state index contributed by atoms with van der Waals surface area (Å²) in [5.74, 6) is 0.811. The minimum Gasteiger partial charge on any atom is -0.497 e. The van der Waals surface area contributed by atoms with Crippen LogP contribution in [0.15, 0.2) is 24.3 Å². The lowest BCUT2D eigenvalue weighted by Gasteiger charge is -2.07. The van der Waals surface area contributed by atoms with Gasteiger partial charge < -0.3 is 9.84 Å². The van der Waals surface area contributed by atoms with E-state index in [2.05, 4.69) is 15.9 Å². The van der Waals surface area contributed by atoms with Crippen LogP contribution >= 0.6 is 15.9 Å². The highest BCUT2D eigenvalue weighted by Gasteiger charge is 2.05. The highest BCUT2D eigenvalue weighted by atomic mass is 79.9. The lowest BCUT2D eigenvalue weighted by atomic mass is 10.1. The van der Waals surface area contributed by atoms with Crippen LogP contribution in [0.25, 0.3) is 0 Å². The largest absolute Gasteiger partial charge is 0.497 e. The third-order valence-electron chi connectivity index (χ3n) is 1.62. The second-order valence-corrected chi connectivity index (χ2v) is 3.53. The van der Waals surface area contributed by atoms with Gasteiger partial charge in [-0.2, -0.15) is 0 Å². The summed E-state index contributed by atoms with van der Waals surface area (Å²) in [6.07, 6.45) is 0. The molecule has 0 spiro atoms. The van der Waals surface area contributed by atoms with Gasteiger partial charge in [0.05, 0.1) is 18.5 Å². The van der Waals surface area contributed by atoms with E-state index >= 15 is 0 Å². The maximum absolute atomic E-state index is 8.86. The van der Waals surface area contributed by atoms with E-state index in [0.29, 0.717) is 0 Å². The lowest BCUT2D eigenvalue weighted by molar-refractivity contribution is 0.298. The topological polar surface area (TPSA) is 29.5 Å². The molecule has 66 valence electrons. The lowest BCUT2D eigenvalue weighted by Crippen LogP contribution is -1.95. The summed E-state index contributed by atoms with van der Waals surface area (Å²) in [4.78, 5) is -0.00685. The standard InChI is InChI=1S/C9H11BrO2/c1-12-8-4-2-3-7(5-8)9(10)6-11/h2-5,9,11H,6H2,1H3/t9-/m1/s1. The number of rotatable bonds is 3. The van der Waals surface area contributed by atoms with Gasteiger partial charge in [-0.05, 0) is 17.7 Å². The van der Waals surface area contributed by atoms with Gasteiger partial charge in [0.15, 0.2) is 0 Å². The highest BCUT2D eigenvalue weighted by molar-refractivity contribution is 9.09. The van der Waals surface area contributed by atoms with Gasteiger partial charge in [0.1, 0.15) is 5.75 Å². The number of halogens is 1. The van der Waals surface area contributed by atoms with E-state index < -0.39 is 0 Å². The summed E-state index contributed by atoms with van der Waals surface area (Å²) in [6.45, 7) is 0.0904. The van der Waals surface area contributed by atoms with E-state index in [1.807, 2.05) is 24.3 Å². The Labute approximate surface area is 80.3 Å². The normalized spacial score (nSPS) is 12.6. The minimum absolute atomic E-state index is 0.00685. The Morgan fingerprint density at radius 2 is 2.33 bits per heavy atom. The number of aliphatic hydroxyl groups is 1. The molecule has 0 fully saturated rings. The highest BCUT2D eigenvalue weighted by Crippen LogP contribution is 2.24. The van der Waals surface area contributed by atoms with E-state index in [0.717, 1.165) is 11.3 Å². The minimum atomic E-state index is -0.00685. The van der Waals surface area contributed by atoms with Crippen LogP contribution in [0.3, 0.4) is 0 Å². The predicted octanol–water partition coefficient (Wildman–Crippen LogP) is 2.12. The second kappa shape index (κ2) is 4.48. The monoisotopic (exact) mass is 230 g/mol. The number of methoxy groups -OCH3 is 1. The third-order valence-corrected chi connectivity index (χ3v) is 2.43. The first kappa shape index (κ1) is 9.55. The van der Waals surface area contributed by atoms with E-state index in [9.17, 15) is 0 Å². The number of hydrogen-bond donors (Lipinski definition) is 1. The molecule has 0 bridgehead atoms.